The summed E-state index contributed by atoms with van der Waals surface area (Å²) in [5.74, 6) is 0. The molecule has 0 spiro atoms. The van der Waals surface area contributed by atoms with Crippen molar-refractivity contribution >= 4 is 0 Å². The summed E-state index contributed by atoms with van der Waals surface area (Å²) in [5.41, 5.74) is 16.7. The van der Waals surface area contributed by atoms with Crippen LogP contribution in [0.1, 0.15) is 0 Å². The molecule has 0 unspecified atom stereocenters. The minimum Gasteiger partial charge on any atom is -0.373 e. The largest absolute Gasteiger partial charge is 0.373 e. The van der Waals surface area contributed by atoms with E-state index in [9.17, 15) is 0 Å². The molecule has 0 aromatic carbocycles. The standard InChI is InChI=1S/C6H8N6O2/c7-11-9-5(3-1-13-3)6(10-12-8)4-2-14-4/h3-6H,1-2H2/t3-,4-,5+,6+/m1/s1. The molecule has 2 aliphatic rings. The Balaban J connectivity index is 2.11. The van der Waals surface area contributed by atoms with Crippen molar-refractivity contribution in [2.75, 3.05) is 13.2 Å². The van der Waals surface area contributed by atoms with Gasteiger partial charge in [-0.25, -0.2) is 0 Å². The van der Waals surface area contributed by atoms with Crippen molar-refractivity contribution < 1.29 is 9.47 Å². The molecule has 0 aliphatic carbocycles. The van der Waals surface area contributed by atoms with Crippen molar-refractivity contribution in [1.29, 1.82) is 0 Å². The lowest BCUT2D eigenvalue weighted by molar-refractivity contribution is 0.302. The summed E-state index contributed by atoms with van der Waals surface area (Å²) in [7, 11) is 0. The van der Waals surface area contributed by atoms with Crippen LogP contribution in [0.3, 0.4) is 0 Å². The molecular weight excluding hydrogens is 188 g/mol. The number of hydrogen-bond donors (Lipinski definition) is 0. The number of nitrogens with zero attached hydrogens (tertiary/aromatic N) is 6. The van der Waals surface area contributed by atoms with Gasteiger partial charge < -0.3 is 9.47 Å². The molecule has 0 aromatic heterocycles. The highest BCUT2D eigenvalue weighted by atomic mass is 16.6. The third-order valence-corrected chi connectivity index (χ3v) is 2.20. The van der Waals surface area contributed by atoms with E-state index in [2.05, 4.69) is 20.1 Å². The molecular formula is C6H8N6O2. The predicted octanol–water partition coefficient (Wildman–Crippen LogP) is 1.14. The molecule has 2 heterocycles. The highest BCUT2D eigenvalue weighted by molar-refractivity contribution is 5.01. The second-order valence-electron chi connectivity index (χ2n) is 3.13. The molecule has 0 saturated carbocycles. The summed E-state index contributed by atoms with van der Waals surface area (Å²) in [6, 6.07) is -0.883. The average Bonchev–Trinajstić information content (AvgIpc) is 3.05. The summed E-state index contributed by atoms with van der Waals surface area (Å²) in [4.78, 5) is 5.43. The van der Waals surface area contributed by atoms with Crippen LogP contribution in [0, 0.1) is 0 Å². The average molecular weight is 196 g/mol. The van der Waals surface area contributed by atoms with Crippen LogP contribution in [0.25, 0.3) is 20.9 Å². The fourth-order valence-electron chi connectivity index (χ4n) is 1.35. The molecule has 2 rings (SSSR count). The lowest BCUT2D eigenvalue weighted by atomic mass is 10.0. The number of hydrogen-bond acceptors (Lipinski definition) is 4. The van der Waals surface area contributed by atoms with Crippen LogP contribution >= 0.6 is 0 Å². The first-order valence-corrected chi connectivity index (χ1v) is 4.18. The molecule has 0 N–H and O–H groups in total. The Morgan fingerprint density at radius 2 is 1.36 bits per heavy atom. The van der Waals surface area contributed by atoms with Gasteiger partial charge in [0.15, 0.2) is 0 Å². The summed E-state index contributed by atoms with van der Waals surface area (Å²) < 4.78 is 10.0. The topological polar surface area (TPSA) is 123 Å². The second kappa shape index (κ2) is 3.73. The van der Waals surface area contributed by atoms with Gasteiger partial charge in [-0.15, -0.1) is 0 Å². The molecule has 0 radical (unpaired) electrons. The summed E-state index contributed by atoms with van der Waals surface area (Å²) in [5, 5.41) is 7.15. The number of ether oxygens (including phenoxy) is 2. The fraction of sp³-hybridized carbons (Fsp3) is 1.00. The van der Waals surface area contributed by atoms with E-state index in [0.29, 0.717) is 13.2 Å². The molecule has 0 amide bonds. The first kappa shape index (κ1) is 9.11. The van der Waals surface area contributed by atoms with Crippen LogP contribution in [-0.2, 0) is 9.47 Å². The molecule has 2 aliphatic heterocycles. The van der Waals surface area contributed by atoms with Crippen molar-refractivity contribution in [2.45, 2.75) is 24.3 Å². The Labute approximate surface area is 79.0 Å². The second-order valence-corrected chi connectivity index (χ2v) is 3.13. The Bertz CT molecular complexity index is 280. The van der Waals surface area contributed by atoms with Gasteiger partial charge in [0.05, 0.1) is 37.5 Å². The van der Waals surface area contributed by atoms with E-state index < -0.39 is 12.1 Å². The van der Waals surface area contributed by atoms with E-state index in [4.69, 9.17) is 20.5 Å². The molecule has 14 heavy (non-hydrogen) atoms. The number of rotatable bonds is 5. The van der Waals surface area contributed by atoms with E-state index in [0.717, 1.165) is 0 Å². The highest BCUT2D eigenvalue weighted by Gasteiger charge is 2.45. The number of azide groups is 2. The zero-order valence-corrected chi connectivity index (χ0v) is 7.22. The molecule has 74 valence electrons. The van der Waals surface area contributed by atoms with Gasteiger partial charge >= 0.3 is 0 Å². The molecule has 2 saturated heterocycles. The van der Waals surface area contributed by atoms with Crippen molar-refractivity contribution in [1.82, 2.24) is 0 Å². The van der Waals surface area contributed by atoms with Gasteiger partial charge in [0.2, 0.25) is 0 Å². The molecule has 0 bridgehead atoms. The molecule has 0 aromatic rings. The predicted molar refractivity (Wildman–Crippen MR) is 45.3 cm³/mol. The Morgan fingerprint density at radius 1 is 1.00 bits per heavy atom. The first-order valence-electron chi connectivity index (χ1n) is 4.18. The van der Waals surface area contributed by atoms with Crippen LogP contribution in [0.2, 0.25) is 0 Å². The van der Waals surface area contributed by atoms with E-state index in [1.807, 2.05) is 0 Å². The molecule has 4 atom stereocenters. The van der Waals surface area contributed by atoms with Gasteiger partial charge in [-0.1, -0.05) is 10.2 Å². The van der Waals surface area contributed by atoms with E-state index in [1.165, 1.54) is 0 Å². The van der Waals surface area contributed by atoms with E-state index in [1.54, 1.807) is 0 Å². The maximum Gasteiger partial charge on any atom is 0.0899 e. The Morgan fingerprint density at radius 3 is 1.57 bits per heavy atom. The smallest absolute Gasteiger partial charge is 0.0899 e. The van der Waals surface area contributed by atoms with Crippen LogP contribution < -0.4 is 0 Å². The Hall–Kier alpha value is -1.46. The summed E-state index contributed by atoms with van der Waals surface area (Å²) in [6.45, 7) is 1.10. The van der Waals surface area contributed by atoms with Crippen molar-refractivity contribution in [3.63, 3.8) is 0 Å². The third-order valence-electron chi connectivity index (χ3n) is 2.20. The monoisotopic (exact) mass is 196 g/mol. The first-order chi connectivity index (χ1) is 6.86. The summed E-state index contributed by atoms with van der Waals surface area (Å²) >= 11 is 0. The van der Waals surface area contributed by atoms with Crippen molar-refractivity contribution in [2.24, 2.45) is 10.2 Å². The fourth-order valence-corrected chi connectivity index (χ4v) is 1.35. The molecule has 8 nitrogen and oxygen atoms in total. The number of epoxide rings is 2. The molecule has 2 fully saturated rings. The van der Waals surface area contributed by atoms with Crippen LogP contribution in [0.5, 0.6) is 0 Å². The van der Waals surface area contributed by atoms with Crippen molar-refractivity contribution in [3.8, 4) is 0 Å². The highest BCUT2D eigenvalue weighted by Crippen LogP contribution is 2.29. The quantitative estimate of drug-likeness (QED) is 0.283. The maximum atomic E-state index is 8.36. The molecule has 8 heteroatoms. The zero-order chi connectivity index (χ0) is 9.97. The van der Waals surface area contributed by atoms with Crippen LogP contribution in [0.15, 0.2) is 10.2 Å². The van der Waals surface area contributed by atoms with Crippen molar-refractivity contribution in [3.05, 3.63) is 20.9 Å². The van der Waals surface area contributed by atoms with Gasteiger partial charge in [0.25, 0.3) is 0 Å². The van der Waals surface area contributed by atoms with Gasteiger partial charge in [0, 0.05) is 9.82 Å². The summed E-state index contributed by atoms with van der Waals surface area (Å²) in [6.07, 6.45) is -0.240. The lowest BCUT2D eigenvalue weighted by Gasteiger charge is -2.13. The van der Waals surface area contributed by atoms with Gasteiger partial charge in [-0.3, -0.25) is 0 Å². The third kappa shape index (κ3) is 1.89. The van der Waals surface area contributed by atoms with Gasteiger partial charge in [0.1, 0.15) is 0 Å². The Kier molecular flexibility index (Phi) is 2.43. The SMILES string of the molecule is [N-]=[N+]=N[C@H]([C@@H](N=[N+]=[N-])[C@H]1CO1)[C@H]1CO1. The normalized spacial score (nSPS) is 32.0. The minimum atomic E-state index is -0.441. The van der Waals surface area contributed by atoms with Crippen LogP contribution in [0.4, 0.5) is 0 Å². The lowest BCUT2D eigenvalue weighted by Crippen LogP contribution is -2.32. The minimum absolute atomic E-state index is 0.120. The zero-order valence-electron chi connectivity index (χ0n) is 7.22. The van der Waals surface area contributed by atoms with Crippen LogP contribution in [-0.4, -0.2) is 37.5 Å². The van der Waals surface area contributed by atoms with E-state index in [-0.39, 0.29) is 12.2 Å². The van der Waals surface area contributed by atoms with Gasteiger partial charge in [-0.2, -0.15) is 0 Å². The van der Waals surface area contributed by atoms with E-state index >= 15 is 0 Å². The van der Waals surface area contributed by atoms with Gasteiger partial charge in [-0.05, 0) is 11.1 Å². The maximum absolute atomic E-state index is 8.36.